The van der Waals surface area contributed by atoms with E-state index < -0.39 is 24.4 Å². The SMILES string of the molecule is CCCCCCCCCCCCCCCC(=S)OC[C@H]1OC[C@H](OC(=S)CCCCCCCCCCCCCCC)[C@@H](O)[C@@H]1O. The molecule has 0 aromatic heterocycles. The molecule has 0 spiro atoms. The summed E-state index contributed by atoms with van der Waals surface area (Å²) in [4.78, 5) is 0. The number of aliphatic hydroxyl groups excluding tert-OH is 2. The number of thiocarbonyl (C=S) groups is 2. The highest BCUT2D eigenvalue weighted by molar-refractivity contribution is 7.80. The molecular weight excluding hydrogens is 601 g/mol. The van der Waals surface area contributed by atoms with E-state index in [-0.39, 0.29) is 13.2 Å². The molecular formula is C38H72O5S2. The quantitative estimate of drug-likeness (QED) is 0.0561. The number of unbranched alkanes of at least 4 members (excludes halogenated alkanes) is 24. The Morgan fingerprint density at radius 3 is 1.29 bits per heavy atom. The van der Waals surface area contributed by atoms with Crippen LogP contribution in [0.1, 0.15) is 194 Å². The van der Waals surface area contributed by atoms with Crippen molar-refractivity contribution in [3.63, 3.8) is 0 Å². The first-order valence-corrected chi connectivity index (χ1v) is 20.1. The summed E-state index contributed by atoms with van der Waals surface area (Å²) in [6.07, 6.45) is 32.2. The van der Waals surface area contributed by atoms with Gasteiger partial charge in [0.15, 0.2) is 16.2 Å². The van der Waals surface area contributed by atoms with E-state index in [1.165, 1.54) is 148 Å². The summed E-state index contributed by atoms with van der Waals surface area (Å²) in [5.41, 5.74) is 0. The van der Waals surface area contributed by atoms with E-state index in [9.17, 15) is 10.2 Å². The summed E-state index contributed by atoms with van der Waals surface area (Å²) in [7, 11) is 0. The highest BCUT2D eigenvalue weighted by Gasteiger charge is 2.40. The summed E-state index contributed by atoms with van der Waals surface area (Å²) in [6, 6.07) is 0. The van der Waals surface area contributed by atoms with Gasteiger partial charge in [0.05, 0.1) is 6.61 Å². The largest absolute Gasteiger partial charge is 0.484 e. The van der Waals surface area contributed by atoms with E-state index in [1.807, 2.05) is 0 Å². The van der Waals surface area contributed by atoms with Gasteiger partial charge >= 0.3 is 0 Å². The molecule has 1 fully saturated rings. The van der Waals surface area contributed by atoms with Crippen molar-refractivity contribution in [3.05, 3.63) is 0 Å². The Morgan fingerprint density at radius 2 is 0.889 bits per heavy atom. The first-order valence-electron chi connectivity index (χ1n) is 19.3. The predicted octanol–water partition coefficient (Wildman–Crippen LogP) is 11.1. The Bertz CT molecular complexity index is 689. The Balaban J connectivity index is 1.99. The van der Waals surface area contributed by atoms with Crippen molar-refractivity contribution in [1.82, 2.24) is 0 Å². The fourth-order valence-corrected chi connectivity index (χ4v) is 6.64. The molecule has 0 aromatic carbocycles. The summed E-state index contributed by atoms with van der Waals surface area (Å²) >= 11 is 10.8. The van der Waals surface area contributed by atoms with Crippen LogP contribution < -0.4 is 0 Å². The lowest BCUT2D eigenvalue weighted by Crippen LogP contribution is -2.55. The second-order valence-corrected chi connectivity index (χ2v) is 14.5. The average Bonchev–Trinajstić information content (AvgIpc) is 3.03. The first-order chi connectivity index (χ1) is 22.0. The van der Waals surface area contributed by atoms with E-state index >= 15 is 0 Å². The molecule has 1 rings (SSSR count). The molecule has 7 heteroatoms. The zero-order valence-electron chi connectivity index (χ0n) is 29.5. The third kappa shape index (κ3) is 24.5. The minimum atomic E-state index is -1.10. The molecule has 0 amide bonds. The number of hydrogen-bond acceptors (Lipinski definition) is 7. The summed E-state index contributed by atoms with van der Waals surface area (Å²) in [5, 5.41) is 22.3. The fourth-order valence-electron chi connectivity index (χ4n) is 6.16. The van der Waals surface area contributed by atoms with Crippen molar-refractivity contribution < 1.29 is 24.4 Å². The van der Waals surface area contributed by atoms with E-state index in [0.717, 1.165) is 25.7 Å². The van der Waals surface area contributed by atoms with Gasteiger partial charge in [-0.05, 0) is 37.3 Å². The minimum Gasteiger partial charge on any atom is -0.484 e. The Kier molecular flexibility index (Phi) is 29.4. The van der Waals surface area contributed by atoms with Gasteiger partial charge in [-0.15, -0.1) is 0 Å². The van der Waals surface area contributed by atoms with Crippen LogP contribution in [0.15, 0.2) is 0 Å². The van der Waals surface area contributed by atoms with Gasteiger partial charge in [-0.3, -0.25) is 0 Å². The molecule has 1 aliphatic heterocycles. The third-order valence-corrected chi connectivity index (χ3v) is 9.87. The maximum atomic E-state index is 10.6. The van der Waals surface area contributed by atoms with Gasteiger partial charge in [-0.1, -0.05) is 168 Å². The molecule has 5 nitrogen and oxygen atoms in total. The van der Waals surface area contributed by atoms with Crippen LogP contribution >= 0.6 is 24.4 Å². The van der Waals surface area contributed by atoms with Gasteiger partial charge in [-0.25, -0.2) is 0 Å². The molecule has 1 heterocycles. The normalized spacial score (nSPS) is 19.9. The third-order valence-electron chi connectivity index (χ3n) is 9.25. The highest BCUT2D eigenvalue weighted by Crippen LogP contribution is 2.21. The summed E-state index contributed by atoms with van der Waals surface area (Å²) in [5.74, 6) is 0. The molecule has 1 saturated heterocycles. The van der Waals surface area contributed by atoms with E-state index in [4.69, 9.17) is 38.6 Å². The minimum absolute atomic E-state index is 0.144. The first kappa shape index (κ1) is 42.7. The van der Waals surface area contributed by atoms with Crippen molar-refractivity contribution in [3.8, 4) is 0 Å². The number of ether oxygens (including phenoxy) is 3. The van der Waals surface area contributed by atoms with Crippen LogP contribution in [-0.4, -0.2) is 57.9 Å². The van der Waals surface area contributed by atoms with Gasteiger partial charge in [0.2, 0.25) is 0 Å². The lowest BCUT2D eigenvalue weighted by atomic mass is 10.0. The van der Waals surface area contributed by atoms with Gasteiger partial charge in [0.1, 0.15) is 24.9 Å². The molecule has 0 radical (unpaired) electrons. The van der Waals surface area contributed by atoms with Crippen LogP contribution in [0.2, 0.25) is 0 Å². The van der Waals surface area contributed by atoms with Crippen molar-refractivity contribution in [1.29, 1.82) is 0 Å². The fraction of sp³-hybridized carbons (Fsp3) is 0.947. The lowest BCUT2D eigenvalue weighted by Gasteiger charge is -2.37. The molecule has 0 saturated carbocycles. The summed E-state index contributed by atoms with van der Waals surface area (Å²) in [6.45, 7) is 4.86. The van der Waals surface area contributed by atoms with Crippen LogP contribution in [-0.2, 0) is 14.2 Å². The topological polar surface area (TPSA) is 68.2 Å². The Morgan fingerprint density at radius 1 is 0.533 bits per heavy atom. The molecule has 0 aliphatic carbocycles. The molecule has 1 aliphatic rings. The standard InChI is InChI=1S/C38H72O5S2/c1-3-5-7-9-11-13-15-17-19-21-23-25-27-29-35(44)42-31-33-37(39)38(40)34(32-41-33)43-36(45)30-28-26-24-22-20-18-16-14-12-10-8-6-4-2/h33-34,37-40H,3-32H2,1-2H3/t33-,34+,37-,38-/m1/s1. The van der Waals surface area contributed by atoms with Crippen molar-refractivity contribution in [2.45, 2.75) is 218 Å². The number of aliphatic hydroxyl groups is 2. The summed E-state index contributed by atoms with van der Waals surface area (Å²) < 4.78 is 17.3. The average molecular weight is 673 g/mol. The van der Waals surface area contributed by atoms with Gasteiger partial charge < -0.3 is 24.4 Å². The zero-order chi connectivity index (χ0) is 32.8. The highest BCUT2D eigenvalue weighted by atomic mass is 32.1. The molecule has 2 N–H and O–H groups in total. The van der Waals surface area contributed by atoms with Crippen LogP contribution in [0.5, 0.6) is 0 Å². The Labute approximate surface area is 289 Å². The van der Waals surface area contributed by atoms with E-state index in [2.05, 4.69) is 13.8 Å². The van der Waals surface area contributed by atoms with Crippen LogP contribution in [0, 0.1) is 0 Å². The second kappa shape index (κ2) is 31.0. The Hall–Kier alpha value is -0.340. The maximum Gasteiger partial charge on any atom is 0.160 e. The van der Waals surface area contributed by atoms with Crippen molar-refractivity contribution in [2.24, 2.45) is 0 Å². The zero-order valence-corrected chi connectivity index (χ0v) is 31.1. The molecule has 0 unspecified atom stereocenters. The second-order valence-electron chi connectivity index (χ2n) is 13.5. The monoisotopic (exact) mass is 672 g/mol. The van der Waals surface area contributed by atoms with E-state index in [0.29, 0.717) is 16.5 Å². The maximum absolute atomic E-state index is 10.6. The lowest BCUT2D eigenvalue weighted by molar-refractivity contribution is -0.190. The number of rotatable bonds is 31. The molecule has 266 valence electrons. The predicted molar refractivity (Wildman–Crippen MR) is 198 cm³/mol. The van der Waals surface area contributed by atoms with Gasteiger partial charge in [-0.2, -0.15) is 0 Å². The van der Waals surface area contributed by atoms with Crippen molar-refractivity contribution in [2.75, 3.05) is 13.2 Å². The van der Waals surface area contributed by atoms with E-state index in [1.54, 1.807) is 0 Å². The molecule has 0 aromatic rings. The van der Waals surface area contributed by atoms with Gasteiger partial charge in [0, 0.05) is 12.8 Å². The molecule has 0 bridgehead atoms. The molecule has 4 atom stereocenters. The van der Waals surface area contributed by atoms with Gasteiger partial charge in [0.25, 0.3) is 0 Å². The van der Waals surface area contributed by atoms with Crippen LogP contribution in [0.4, 0.5) is 0 Å². The van der Waals surface area contributed by atoms with Crippen LogP contribution in [0.3, 0.4) is 0 Å². The smallest absolute Gasteiger partial charge is 0.160 e. The van der Waals surface area contributed by atoms with Crippen molar-refractivity contribution >= 4 is 34.5 Å². The van der Waals surface area contributed by atoms with Crippen LogP contribution in [0.25, 0.3) is 0 Å². The number of hydrogen-bond donors (Lipinski definition) is 2. The molecule has 45 heavy (non-hydrogen) atoms.